The van der Waals surface area contributed by atoms with Crippen molar-refractivity contribution in [2.45, 2.75) is 71.1 Å². The minimum Gasteiger partial charge on any atom is -0.463 e. The number of carbonyl (C=O) groups is 3. The third kappa shape index (κ3) is 4.64. The monoisotopic (exact) mass is 467 g/mol. The van der Waals surface area contributed by atoms with Crippen LogP contribution in [0.25, 0.3) is 6.08 Å². The van der Waals surface area contributed by atoms with Crippen LogP contribution in [0.1, 0.15) is 81.4 Å². The molecule has 4 atom stereocenters. The summed E-state index contributed by atoms with van der Waals surface area (Å²) >= 11 is 0. The van der Waals surface area contributed by atoms with E-state index < -0.39 is 12.1 Å². The molecule has 1 aromatic rings. The van der Waals surface area contributed by atoms with Gasteiger partial charge in [-0.1, -0.05) is 20.3 Å². The van der Waals surface area contributed by atoms with Crippen LogP contribution in [0.5, 0.6) is 5.75 Å². The van der Waals surface area contributed by atoms with Gasteiger partial charge in [-0.3, -0.25) is 4.79 Å². The smallest absolute Gasteiger partial charge is 0.414 e. The minimum absolute atomic E-state index is 0.162. The Hall–Kier alpha value is -2.63. The van der Waals surface area contributed by atoms with E-state index in [-0.39, 0.29) is 5.41 Å². The average molecular weight is 468 g/mol. The van der Waals surface area contributed by atoms with Crippen molar-refractivity contribution in [3.8, 4) is 5.75 Å². The fourth-order valence-corrected chi connectivity index (χ4v) is 6.31. The number of Topliss-reactive ketones (excluding diaryl/α,β-unsaturated/α-hetero) is 1. The molecule has 0 aliphatic heterocycles. The summed E-state index contributed by atoms with van der Waals surface area (Å²) in [4.78, 5) is 38.5. The molecular weight excluding hydrogens is 430 g/mol. The number of rotatable bonds is 6. The summed E-state index contributed by atoms with van der Waals surface area (Å²) in [5.41, 5.74) is 3.03. The Morgan fingerprint density at radius 3 is 2.71 bits per heavy atom. The van der Waals surface area contributed by atoms with Gasteiger partial charge < -0.3 is 14.4 Å². The lowest BCUT2D eigenvalue weighted by atomic mass is 9.55. The molecule has 0 unspecified atom stereocenters. The SMILES string of the molecule is CCCCOC(=O)/C=C\c1cc2c(cc1OC(=O)N(C)C)CC[C@@H]1[C@@H]2CC[C@]2(C)C(=O)CC[C@@H]12. The number of fused-ring (bicyclic) bond motifs is 5. The van der Waals surface area contributed by atoms with Crippen LogP contribution in [0.3, 0.4) is 0 Å². The van der Waals surface area contributed by atoms with E-state index in [2.05, 4.69) is 13.0 Å². The molecule has 34 heavy (non-hydrogen) atoms. The second-order valence-corrected chi connectivity index (χ2v) is 10.5. The van der Waals surface area contributed by atoms with Crippen LogP contribution < -0.4 is 4.74 Å². The molecule has 2 saturated carbocycles. The van der Waals surface area contributed by atoms with Crippen molar-refractivity contribution in [3.63, 3.8) is 0 Å². The van der Waals surface area contributed by atoms with Gasteiger partial charge in [-0.15, -0.1) is 0 Å². The van der Waals surface area contributed by atoms with Gasteiger partial charge in [0.25, 0.3) is 0 Å². The molecule has 0 spiro atoms. The highest BCUT2D eigenvalue weighted by atomic mass is 16.6. The maximum Gasteiger partial charge on any atom is 0.414 e. The van der Waals surface area contributed by atoms with Gasteiger partial charge in [0.15, 0.2) is 0 Å². The summed E-state index contributed by atoms with van der Waals surface area (Å²) in [6.07, 6.45) is 10.1. The molecule has 6 nitrogen and oxygen atoms in total. The van der Waals surface area contributed by atoms with E-state index in [0.717, 1.165) is 44.9 Å². The summed E-state index contributed by atoms with van der Waals surface area (Å²) in [6, 6.07) is 4.07. The predicted molar refractivity (Wildman–Crippen MR) is 131 cm³/mol. The molecule has 184 valence electrons. The molecule has 0 aromatic heterocycles. The normalized spacial score (nSPS) is 27.6. The number of carbonyl (C=O) groups excluding carboxylic acids is 3. The van der Waals surface area contributed by atoms with Crippen molar-refractivity contribution in [2.75, 3.05) is 20.7 Å². The summed E-state index contributed by atoms with van der Waals surface area (Å²) in [5.74, 6) is 1.86. The Morgan fingerprint density at radius 1 is 1.18 bits per heavy atom. The van der Waals surface area contributed by atoms with E-state index in [9.17, 15) is 14.4 Å². The number of nitrogens with zero attached hydrogens (tertiary/aromatic N) is 1. The van der Waals surface area contributed by atoms with Crippen LogP contribution in [0, 0.1) is 17.3 Å². The molecule has 3 aliphatic rings. The standard InChI is InChI=1S/C28H37NO5/c1-5-6-15-33-26(31)12-8-19-16-22-18(17-24(19)34-27(32)29(3)4)7-9-21-20(22)13-14-28(2)23(21)10-11-25(28)30/h8,12,16-17,20-21,23H,5-7,9-11,13-15H2,1-4H3/b12-8-/t20-,21+,23-,28-/m0/s1. The van der Waals surface area contributed by atoms with Gasteiger partial charge in [0, 0.05) is 37.6 Å². The van der Waals surface area contributed by atoms with Crippen LogP contribution in [0.15, 0.2) is 18.2 Å². The van der Waals surface area contributed by atoms with Crippen molar-refractivity contribution in [2.24, 2.45) is 17.3 Å². The van der Waals surface area contributed by atoms with Crippen molar-refractivity contribution in [1.82, 2.24) is 4.90 Å². The zero-order valence-electron chi connectivity index (χ0n) is 20.9. The van der Waals surface area contributed by atoms with Crippen LogP contribution in [-0.4, -0.2) is 43.4 Å². The number of ketones is 1. The lowest BCUT2D eigenvalue weighted by Gasteiger charge is -2.48. The van der Waals surface area contributed by atoms with Crippen LogP contribution in [-0.2, 0) is 20.7 Å². The second-order valence-electron chi connectivity index (χ2n) is 10.5. The van der Waals surface area contributed by atoms with Gasteiger partial charge in [0.1, 0.15) is 11.5 Å². The third-order valence-electron chi connectivity index (χ3n) is 8.27. The number of benzene rings is 1. The molecule has 0 radical (unpaired) electrons. The number of unbranched alkanes of at least 4 members (excludes halogenated alkanes) is 1. The van der Waals surface area contributed by atoms with E-state index in [0.29, 0.717) is 47.9 Å². The minimum atomic E-state index is -0.452. The van der Waals surface area contributed by atoms with Crippen molar-refractivity contribution in [3.05, 3.63) is 34.9 Å². The molecule has 0 N–H and O–H groups in total. The van der Waals surface area contributed by atoms with E-state index in [1.165, 1.54) is 22.1 Å². The first-order valence-electron chi connectivity index (χ1n) is 12.7. The molecule has 6 heteroatoms. The van der Waals surface area contributed by atoms with Crippen LogP contribution >= 0.6 is 0 Å². The van der Waals surface area contributed by atoms with Gasteiger partial charge in [0.05, 0.1) is 6.61 Å². The van der Waals surface area contributed by atoms with Crippen molar-refractivity contribution < 1.29 is 23.9 Å². The fourth-order valence-electron chi connectivity index (χ4n) is 6.31. The number of esters is 1. The summed E-state index contributed by atoms with van der Waals surface area (Å²) < 4.78 is 10.9. The quantitative estimate of drug-likeness (QED) is 0.312. The third-order valence-corrected chi connectivity index (χ3v) is 8.27. The maximum absolute atomic E-state index is 12.6. The highest BCUT2D eigenvalue weighted by Crippen LogP contribution is 2.59. The van der Waals surface area contributed by atoms with Gasteiger partial charge in [-0.2, -0.15) is 0 Å². The highest BCUT2D eigenvalue weighted by Gasteiger charge is 2.54. The predicted octanol–water partition coefficient (Wildman–Crippen LogP) is 5.53. The van der Waals surface area contributed by atoms with Gasteiger partial charge in [-0.25, -0.2) is 9.59 Å². The van der Waals surface area contributed by atoms with E-state index in [4.69, 9.17) is 9.47 Å². The fraction of sp³-hybridized carbons (Fsp3) is 0.607. The largest absolute Gasteiger partial charge is 0.463 e. The molecule has 1 aromatic carbocycles. The first-order valence-corrected chi connectivity index (χ1v) is 12.7. The molecular formula is C28H37NO5. The Bertz CT molecular complexity index is 997. The van der Waals surface area contributed by atoms with E-state index in [1.54, 1.807) is 20.2 Å². The molecule has 4 rings (SSSR count). The van der Waals surface area contributed by atoms with E-state index in [1.807, 2.05) is 13.0 Å². The van der Waals surface area contributed by atoms with Crippen LogP contribution in [0.4, 0.5) is 4.79 Å². The molecule has 1 amide bonds. The maximum atomic E-state index is 12.6. The number of ether oxygens (including phenoxy) is 2. The highest BCUT2D eigenvalue weighted by molar-refractivity contribution is 5.88. The summed E-state index contributed by atoms with van der Waals surface area (Å²) in [7, 11) is 3.29. The number of aryl methyl sites for hydroxylation is 1. The Kier molecular flexibility index (Phi) is 7.15. The van der Waals surface area contributed by atoms with Gasteiger partial charge in [-0.05, 0) is 85.6 Å². The number of amides is 1. The average Bonchev–Trinajstić information content (AvgIpc) is 3.12. The molecule has 2 fully saturated rings. The molecule has 3 aliphatic carbocycles. The Balaban J connectivity index is 1.64. The van der Waals surface area contributed by atoms with Gasteiger partial charge >= 0.3 is 12.1 Å². The summed E-state index contributed by atoms with van der Waals surface area (Å²) in [6.45, 7) is 4.63. The molecule has 0 heterocycles. The van der Waals surface area contributed by atoms with E-state index >= 15 is 0 Å². The first-order chi connectivity index (χ1) is 16.2. The Labute approximate surface area is 202 Å². The van der Waals surface area contributed by atoms with Crippen LogP contribution in [0.2, 0.25) is 0 Å². The second kappa shape index (κ2) is 9.93. The van der Waals surface area contributed by atoms with Crippen molar-refractivity contribution >= 4 is 23.9 Å². The topological polar surface area (TPSA) is 72.9 Å². The first kappa shape index (κ1) is 24.5. The molecule has 0 bridgehead atoms. The zero-order chi connectivity index (χ0) is 24.5. The Morgan fingerprint density at radius 2 is 1.97 bits per heavy atom. The number of hydrogen-bond acceptors (Lipinski definition) is 5. The summed E-state index contributed by atoms with van der Waals surface area (Å²) in [5, 5.41) is 0. The lowest BCUT2D eigenvalue weighted by molar-refractivity contribution is -0.137. The van der Waals surface area contributed by atoms with Gasteiger partial charge in [0.2, 0.25) is 0 Å². The van der Waals surface area contributed by atoms with Crippen molar-refractivity contribution in [1.29, 1.82) is 0 Å². The lowest BCUT2D eigenvalue weighted by Crippen LogP contribution is -2.42. The zero-order valence-corrected chi connectivity index (χ0v) is 20.9. The molecule has 0 saturated heterocycles. The number of hydrogen-bond donors (Lipinski definition) is 0.